The summed E-state index contributed by atoms with van der Waals surface area (Å²) in [5, 5.41) is 7.28. The molecule has 0 unspecified atom stereocenters. The molecular formula is C10H14N2O5S2. The van der Waals surface area contributed by atoms with E-state index in [1.807, 2.05) is 0 Å². The molecule has 0 atom stereocenters. The molecule has 1 rings (SSSR count). The van der Waals surface area contributed by atoms with E-state index >= 15 is 0 Å². The maximum atomic E-state index is 11.3. The first kappa shape index (κ1) is 15.6. The van der Waals surface area contributed by atoms with Gasteiger partial charge in [-0.15, -0.1) is 0 Å². The molecule has 19 heavy (non-hydrogen) atoms. The lowest BCUT2D eigenvalue weighted by molar-refractivity contribution is -0.113. The highest BCUT2D eigenvalue weighted by atomic mass is 32.2. The van der Waals surface area contributed by atoms with Gasteiger partial charge < -0.3 is 5.32 Å². The van der Waals surface area contributed by atoms with E-state index in [2.05, 4.69) is 5.32 Å². The van der Waals surface area contributed by atoms with Crippen LogP contribution in [0.1, 0.15) is 5.56 Å². The lowest BCUT2D eigenvalue weighted by Gasteiger charge is -2.05. The van der Waals surface area contributed by atoms with Crippen molar-refractivity contribution in [2.45, 2.75) is 5.75 Å². The van der Waals surface area contributed by atoms with E-state index in [-0.39, 0.29) is 5.75 Å². The van der Waals surface area contributed by atoms with Crippen LogP contribution >= 0.6 is 0 Å². The number of sulfonamides is 1. The first-order valence-electron chi connectivity index (χ1n) is 5.12. The Labute approximate surface area is 111 Å². The van der Waals surface area contributed by atoms with Crippen molar-refractivity contribution >= 4 is 31.5 Å². The topological polar surface area (TPSA) is 123 Å². The fourth-order valence-corrected chi connectivity index (χ4v) is 2.56. The molecule has 1 aromatic rings. The molecule has 0 spiro atoms. The third-order valence-electron chi connectivity index (χ3n) is 2.00. The predicted molar refractivity (Wildman–Crippen MR) is 71.6 cm³/mol. The number of anilines is 1. The number of sulfone groups is 1. The van der Waals surface area contributed by atoms with Gasteiger partial charge in [0.1, 0.15) is 5.75 Å². The van der Waals surface area contributed by atoms with Crippen LogP contribution in [0.5, 0.6) is 0 Å². The maximum Gasteiger partial charge on any atom is 0.239 e. The van der Waals surface area contributed by atoms with Crippen molar-refractivity contribution < 1.29 is 21.6 Å². The minimum Gasteiger partial charge on any atom is -0.325 e. The van der Waals surface area contributed by atoms with E-state index in [0.717, 1.165) is 6.26 Å². The second kappa shape index (κ2) is 5.68. The van der Waals surface area contributed by atoms with Crippen LogP contribution in [0.15, 0.2) is 24.3 Å². The molecule has 0 aliphatic rings. The number of hydrogen-bond acceptors (Lipinski definition) is 5. The molecule has 0 aliphatic carbocycles. The lowest BCUT2D eigenvalue weighted by atomic mass is 10.2. The van der Waals surface area contributed by atoms with Gasteiger partial charge in [0, 0.05) is 11.9 Å². The van der Waals surface area contributed by atoms with Crippen LogP contribution in [0.3, 0.4) is 0 Å². The number of hydrogen-bond donors (Lipinski definition) is 2. The SMILES string of the molecule is CS(=O)(=O)CC(=O)Nc1ccc(CS(N)(=O)=O)cc1. The molecule has 0 fully saturated rings. The molecule has 106 valence electrons. The number of amides is 1. The standard InChI is InChI=1S/C10H14N2O5S2/c1-18(14,15)7-10(13)12-9-4-2-8(3-5-9)6-19(11,16)17/h2-5H,6-7H2,1H3,(H,12,13)(H2,11,16,17). The van der Waals surface area contributed by atoms with Crippen LogP contribution < -0.4 is 10.5 Å². The van der Waals surface area contributed by atoms with E-state index < -0.39 is 31.5 Å². The van der Waals surface area contributed by atoms with E-state index in [1.165, 1.54) is 24.3 Å². The Hall–Kier alpha value is -1.45. The second-order valence-electron chi connectivity index (χ2n) is 4.12. The molecule has 0 aliphatic heterocycles. The van der Waals surface area contributed by atoms with Crippen LogP contribution in [0, 0.1) is 0 Å². The average molecular weight is 306 g/mol. The third kappa shape index (κ3) is 6.89. The smallest absolute Gasteiger partial charge is 0.239 e. The van der Waals surface area contributed by atoms with Gasteiger partial charge in [0.25, 0.3) is 0 Å². The predicted octanol–water partition coefficient (Wildman–Crippen LogP) is -0.542. The first-order valence-corrected chi connectivity index (χ1v) is 8.90. The third-order valence-corrected chi connectivity index (χ3v) is 3.52. The van der Waals surface area contributed by atoms with E-state index in [9.17, 15) is 21.6 Å². The summed E-state index contributed by atoms with van der Waals surface area (Å²) in [4.78, 5) is 11.3. The molecule has 0 heterocycles. The molecule has 0 aromatic heterocycles. The first-order chi connectivity index (χ1) is 8.55. The van der Waals surface area contributed by atoms with Gasteiger partial charge in [0.2, 0.25) is 15.9 Å². The van der Waals surface area contributed by atoms with Crippen molar-refractivity contribution in [1.82, 2.24) is 0 Å². The fourth-order valence-electron chi connectivity index (χ4n) is 1.35. The number of benzene rings is 1. The summed E-state index contributed by atoms with van der Waals surface area (Å²) < 4.78 is 43.5. The minimum atomic E-state index is -3.60. The number of rotatable bonds is 5. The van der Waals surface area contributed by atoms with Crippen LogP contribution in [-0.4, -0.2) is 34.8 Å². The number of carbonyl (C=O) groups is 1. The molecular weight excluding hydrogens is 292 g/mol. The van der Waals surface area contributed by atoms with Gasteiger partial charge in [-0.25, -0.2) is 22.0 Å². The molecule has 1 amide bonds. The molecule has 0 saturated heterocycles. The molecule has 3 N–H and O–H groups in total. The molecule has 7 nitrogen and oxygen atoms in total. The average Bonchev–Trinajstić information content (AvgIpc) is 2.15. The van der Waals surface area contributed by atoms with Crippen molar-refractivity contribution in [1.29, 1.82) is 0 Å². The summed E-state index contributed by atoms with van der Waals surface area (Å²) in [5.74, 6) is -1.56. The van der Waals surface area contributed by atoms with Gasteiger partial charge in [0.05, 0.1) is 5.75 Å². The Kier molecular flexibility index (Phi) is 4.66. The van der Waals surface area contributed by atoms with Gasteiger partial charge in [-0.05, 0) is 17.7 Å². The zero-order valence-electron chi connectivity index (χ0n) is 10.2. The minimum absolute atomic E-state index is 0.301. The van der Waals surface area contributed by atoms with Crippen LogP contribution in [0.25, 0.3) is 0 Å². The summed E-state index contributed by atoms with van der Waals surface area (Å²) in [6, 6.07) is 5.92. The molecule has 0 bridgehead atoms. The number of nitrogens with two attached hydrogens (primary N) is 1. The van der Waals surface area contributed by atoms with Gasteiger partial charge in [-0.3, -0.25) is 4.79 Å². The Morgan fingerprint density at radius 2 is 1.68 bits per heavy atom. The molecule has 0 radical (unpaired) electrons. The van der Waals surface area contributed by atoms with Crippen molar-refractivity contribution in [3.05, 3.63) is 29.8 Å². The van der Waals surface area contributed by atoms with Gasteiger partial charge >= 0.3 is 0 Å². The second-order valence-corrected chi connectivity index (χ2v) is 7.88. The highest BCUT2D eigenvalue weighted by Crippen LogP contribution is 2.11. The zero-order valence-corrected chi connectivity index (χ0v) is 11.8. The van der Waals surface area contributed by atoms with Gasteiger partial charge in [0.15, 0.2) is 9.84 Å². The Balaban J connectivity index is 2.70. The highest BCUT2D eigenvalue weighted by Gasteiger charge is 2.11. The van der Waals surface area contributed by atoms with Crippen molar-refractivity contribution in [2.75, 3.05) is 17.3 Å². The largest absolute Gasteiger partial charge is 0.325 e. The lowest BCUT2D eigenvalue weighted by Crippen LogP contribution is -2.21. The molecule has 1 aromatic carbocycles. The Bertz CT molecular complexity index is 662. The summed E-state index contributed by atoms with van der Waals surface area (Å²) >= 11 is 0. The van der Waals surface area contributed by atoms with Crippen molar-refractivity contribution in [3.8, 4) is 0 Å². The molecule has 9 heteroatoms. The number of carbonyl (C=O) groups excluding carboxylic acids is 1. The number of primary sulfonamides is 1. The summed E-state index contributed by atoms with van der Waals surface area (Å²) in [6.45, 7) is 0. The van der Waals surface area contributed by atoms with Crippen molar-refractivity contribution in [3.63, 3.8) is 0 Å². The highest BCUT2D eigenvalue weighted by molar-refractivity contribution is 7.91. The summed E-state index contributed by atoms with van der Waals surface area (Å²) in [5.41, 5.74) is 0.857. The van der Waals surface area contributed by atoms with Crippen molar-refractivity contribution in [2.24, 2.45) is 5.14 Å². The quantitative estimate of drug-likeness (QED) is 0.756. The monoisotopic (exact) mass is 306 g/mol. The summed E-state index contributed by atoms with van der Waals surface area (Å²) in [7, 11) is -6.99. The Morgan fingerprint density at radius 3 is 2.11 bits per heavy atom. The Morgan fingerprint density at radius 1 is 1.16 bits per heavy atom. The van der Waals surface area contributed by atoms with Gasteiger partial charge in [-0.2, -0.15) is 0 Å². The van der Waals surface area contributed by atoms with E-state index in [1.54, 1.807) is 0 Å². The summed E-state index contributed by atoms with van der Waals surface area (Å²) in [6.07, 6.45) is 0.960. The normalized spacial score (nSPS) is 12.1. The van der Waals surface area contributed by atoms with Crippen LogP contribution in [-0.2, 0) is 30.4 Å². The van der Waals surface area contributed by atoms with E-state index in [4.69, 9.17) is 5.14 Å². The van der Waals surface area contributed by atoms with Gasteiger partial charge in [-0.1, -0.05) is 12.1 Å². The van der Waals surface area contributed by atoms with Crippen LogP contribution in [0.4, 0.5) is 5.69 Å². The zero-order chi connectivity index (χ0) is 14.7. The van der Waals surface area contributed by atoms with E-state index in [0.29, 0.717) is 11.3 Å². The molecule has 0 saturated carbocycles. The van der Waals surface area contributed by atoms with Crippen LogP contribution in [0.2, 0.25) is 0 Å². The number of nitrogens with one attached hydrogen (secondary N) is 1. The fraction of sp³-hybridized carbons (Fsp3) is 0.300. The maximum absolute atomic E-state index is 11.3.